The van der Waals surface area contributed by atoms with E-state index < -0.39 is 0 Å². The van der Waals surface area contributed by atoms with Crippen molar-refractivity contribution in [2.45, 2.75) is 0 Å². The summed E-state index contributed by atoms with van der Waals surface area (Å²) in [6.45, 7) is 0. The average Bonchev–Trinajstić information content (AvgIpc) is 2.36. The van der Waals surface area contributed by atoms with Crippen LogP contribution in [-0.2, 0) is 0 Å². The number of nitrogens with zero attached hydrogens (tertiary/aromatic N) is 1. The van der Waals surface area contributed by atoms with Crippen LogP contribution in [0.25, 0.3) is 21.8 Å². The predicted molar refractivity (Wildman–Crippen MR) is 65.4 cm³/mol. The summed E-state index contributed by atoms with van der Waals surface area (Å²) >= 11 is 6.29. The van der Waals surface area contributed by atoms with Gasteiger partial charge in [0, 0.05) is 12.1 Å². The summed E-state index contributed by atoms with van der Waals surface area (Å²) in [6, 6.07) is 14.7. The molecule has 0 atom stereocenters. The Hall–Kier alpha value is -1.80. The normalized spacial score (nSPS) is 11.1. The van der Waals surface area contributed by atoms with Gasteiger partial charge in [-0.1, -0.05) is 35.9 Å². The molecule has 0 radical (unpaired) electrons. The molecule has 2 aromatic carbocycles. The van der Waals surface area contributed by atoms with E-state index in [4.69, 9.17) is 11.6 Å². The Bertz CT molecular complexity index is 577. The van der Waals surface area contributed by atoms with Crippen LogP contribution in [0.1, 0.15) is 0 Å². The van der Waals surface area contributed by atoms with Crippen LogP contribution < -0.4 is 4.73 Å². The summed E-state index contributed by atoms with van der Waals surface area (Å²) < 4.78 is 0.927. The number of hydrogen-bond donors (Lipinski definition) is 0. The van der Waals surface area contributed by atoms with E-state index in [2.05, 4.69) is 0 Å². The highest BCUT2D eigenvalue weighted by Crippen LogP contribution is 2.28. The Kier molecular flexibility index (Phi) is 1.98. The second-order valence-corrected chi connectivity index (χ2v) is 4.02. The molecular weight excluding hydrogens is 222 g/mol. The first-order valence-corrected chi connectivity index (χ1v) is 5.35. The second kappa shape index (κ2) is 3.35. The van der Waals surface area contributed by atoms with Crippen LogP contribution in [0, 0.1) is 5.21 Å². The Morgan fingerprint density at radius 1 is 0.812 bits per heavy atom. The molecule has 1 heterocycles. The van der Waals surface area contributed by atoms with Gasteiger partial charge >= 0.3 is 0 Å². The minimum absolute atomic E-state index is 0.603. The first kappa shape index (κ1) is 9.43. The van der Waals surface area contributed by atoms with Gasteiger partial charge in [0.15, 0.2) is 0 Å². The van der Waals surface area contributed by atoms with Gasteiger partial charge in [-0.15, -0.1) is 0 Å². The molecule has 0 aliphatic carbocycles. The predicted octanol–water partition coefficient (Wildman–Crippen LogP) is 3.28. The molecular formula is C13H8ClNO. The molecule has 0 saturated heterocycles. The van der Waals surface area contributed by atoms with Crippen LogP contribution in [0.5, 0.6) is 0 Å². The lowest BCUT2D eigenvalue weighted by Crippen LogP contribution is -2.28. The van der Waals surface area contributed by atoms with Crippen LogP contribution in [-0.4, -0.2) is 0 Å². The molecule has 0 aliphatic heterocycles. The lowest BCUT2D eigenvalue weighted by atomic mass is 10.1. The minimum atomic E-state index is 0.603. The smallest absolute Gasteiger partial charge is 0.225 e. The van der Waals surface area contributed by atoms with Gasteiger partial charge in [-0.2, -0.15) is 4.73 Å². The zero-order valence-electron chi connectivity index (χ0n) is 8.35. The highest BCUT2D eigenvalue weighted by molar-refractivity contribution is 6.39. The maximum absolute atomic E-state index is 12.1. The molecule has 1 aromatic heterocycles. The van der Waals surface area contributed by atoms with Gasteiger partial charge < -0.3 is 5.21 Å². The molecule has 3 aromatic rings. The van der Waals surface area contributed by atoms with E-state index >= 15 is 0 Å². The molecule has 0 spiro atoms. The highest BCUT2D eigenvalue weighted by atomic mass is 35.5. The molecule has 0 bridgehead atoms. The number of hydrogen-bond acceptors (Lipinski definition) is 1. The highest BCUT2D eigenvalue weighted by Gasteiger charge is 2.14. The fourth-order valence-corrected chi connectivity index (χ4v) is 2.27. The number of para-hydroxylation sites is 2. The zero-order chi connectivity index (χ0) is 11.1. The van der Waals surface area contributed by atoms with Crippen LogP contribution >= 0.6 is 11.6 Å². The molecule has 0 fully saturated rings. The lowest BCUT2D eigenvalue weighted by Gasteiger charge is -2.07. The summed E-state index contributed by atoms with van der Waals surface area (Å²) in [5.41, 5.74) is 1.21. The van der Waals surface area contributed by atoms with E-state index in [1.54, 1.807) is 12.1 Å². The van der Waals surface area contributed by atoms with Gasteiger partial charge in [-0.05, 0) is 12.1 Å². The van der Waals surface area contributed by atoms with Gasteiger partial charge in [0.1, 0.15) is 0 Å². The molecule has 0 saturated carbocycles. The van der Waals surface area contributed by atoms with Crippen molar-refractivity contribution < 1.29 is 4.73 Å². The standard InChI is InChI=1S/C13H8ClNO/c14-13-9-5-1-3-7-11(9)15(16)12-8-4-2-6-10(12)13/h1-8H. The molecule has 0 unspecified atom stereocenters. The van der Waals surface area contributed by atoms with E-state index in [1.807, 2.05) is 36.4 Å². The third kappa shape index (κ3) is 1.17. The van der Waals surface area contributed by atoms with Gasteiger partial charge in [0.2, 0.25) is 11.0 Å². The lowest BCUT2D eigenvalue weighted by molar-refractivity contribution is -0.547. The molecule has 0 aliphatic rings. The topological polar surface area (TPSA) is 26.9 Å². The van der Waals surface area contributed by atoms with E-state index in [0.29, 0.717) is 16.1 Å². The average molecular weight is 230 g/mol. The first-order chi connectivity index (χ1) is 7.79. The van der Waals surface area contributed by atoms with Gasteiger partial charge in [-0.25, -0.2) is 0 Å². The number of halogens is 1. The number of rotatable bonds is 0. The van der Waals surface area contributed by atoms with Crippen molar-refractivity contribution in [2.24, 2.45) is 0 Å². The van der Waals surface area contributed by atoms with Crippen molar-refractivity contribution in [3.05, 3.63) is 58.8 Å². The van der Waals surface area contributed by atoms with Crippen molar-refractivity contribution in [3.8, 4) is 0 Å². The SMILES string of the molecule is [O-][n+]1c2ccccc2c(Cl)c2ccccc21. The largest absolute Gasteiger partial charge is 0.618 e. The fourth-order valence-electron chi connectivity index (χ4n) is 1.95. The summed E-state index contributed by atoms with van der Waals surface area (Å²) in [5.74, 6) is 0. The van der Waals surface area contributed by atoms with Crippen LogP contribution in [0.4, 0.5) is 0 Å². The van der Waals surface area contributed by atoms with Crippen molar-refractivity contribution in [3.63, 3.8) is 0 Å². The number of pyridine rings is 1. The van der Waals surface area contributed by atoms with Gasteiger partial charge in [0.05, 0.1) is 15.8 Å². The molecule has 78 valence electrons. The van der Waals surface area contributed by atoms with Gasteiger partial charge in [0.25, 0.3) is 0 Å². The summed E-state index contributed by atoms with van der Waals surface area (Å²) in [6.07, 6.45) is 0. The fraction of sp³-hybridized carbons (Fsp3) is 0. The van der Waals surface area contributed by atoms with Crippen molar-refractivity contribution in [2.75, 3.05) is 0 Å². The molecule has 16 heavy (non-hydrogen) atoms. The molecule has 0 amide bonds. The molecule has 0 N–H and O–H groups in total. The number of benzene rings is 2. The van der Waals surface area contributed by atoms with Crippen molar-refractivity contribution in [1.82, 2.24) is 0 Å². The monoisotopic (exact) mass is 229 g/mol. The molecule has 3 rings (SSSR count). The zero-order valence-corrected chi connectivity index (χ0v) is 9.11. The second-order valence-electron chi connectivity index (χ2n) is 3.64. The van der Waals surface area contributed by atoms with E-state index in [1.165, 1.54) is 0 Å². The Balaban J connectivity index is 2.67. The van der Waals surface area contributed by atoms with Crippen LogP contribution in [0.3, 0.4) is 0 Å². The summed E-state index contributed by atoms with van der Waals surface area (Å²) in [5, 5.41) is 14.3. The quantitative estimate of drug-likeness (QED) is 0.330. The Morgan fingerprint density at radius 2 is 1.25 bits per heavy atom. The van der Waals surface area contributed by atoms with E-state index in [0.717, 1.165) is 15.5 Å². The van der Waals surface area contributed by atoms with E-state index in [-0.39, 0.29) is 0 Å². The minimum Gasteiger partial charge on any atom is -0.618 e. The van der Waals surface area contributed by atoms with Crippen LogP contribution in [0.2, 0.25) is 5.02 Å². The third-order valence-corrected chi connectivity index (χ3v) is 3.13. The van der Waals surface area contributed by atoms with Gasteiger partial charge in [-0.3, -0.25) is 0 Å². The maximum Gasteiger partial charge on any atom is 0.225 e. The third-order valence-electron chi connectivity index (χ3n) is 2.72. The maximum atomic E-state index is 12.1. The molecule has 2 nitrogen and oxygen atoms in total. The number of fused-ring (bicyclic) bond motifs is 2. The summed E-state index contributed by atoms with van der Waals surface area (Å²) in [7, 11) is 0. The van der Waals surface area contributed by atoms with Crippen molar-refractivity contribution in [1.29, 1.82) is 0 Å². The van der Waals surface area contributed by atoms with Crippen molar-refractivity contribution >= 4 is 33.4 Å². The Morgan fingerprint density at radius 3 is 1.75 bits per heavy atom. The molecule has 3 heteroatoms. The number of aromatic nitrogens is 1. The first-order valence-electron chi connectivity index (χ1n) is 4.97. The summed E-state index contributed by atoms with van der Waals surface area (Å²) in [4.78, 5) is 0. The van der Waals surface area contributed by atoms with Crippen LogP contribution in [0.15, 0.2) is 48.5 Å². The van der Waals surface area contributed by atoms with E-state index in [9.17, 15) is 5.21 Å². The Labute approximate surface area is 97.3 Å².